The van der Waals surface area contributed by atoms with Gasteiger partial charge >= 0.3 is 6.55 Å². The van der Waals surface area contributed by atoms with Gasteiger partial charge < -0.3 is 10.6 Å². The van der Waals surface area contributed by atoms with Gasteiger partial charge in [0, 0.05) is 19.4 Å². The van der Waals surface area contributed by atoms with Gasteiger partial charge in [-0.05, 0) is 6.42 Å². The van der Waals surface area contributed by atoms with Gasteiger partial charge in [-0.15, -0.1) is 0 Å². The third kappa shape index (κ3) is 3.23. The molecule has 5 nitrogen and oxygen atoms in total. The van der Waals surface area contributed by atoms with Gasteiger partial charge in [0.2, 0.25) is 5.91 Å². The van der Waals surface area contributed by atoms with E-state index in [1.54, 1.807) is 6.92 Å². The molecule has 0 saturated carbocycles. The van der Waals surface area contributed by atoms with Crippen LogP contribution in [-0.4, -0.2) is 33.4 Å². The van der Waals surface area contributed by atoms with Crippen LogP contribution in [0.25, 0.3) is 0 Å². The van der Waals surface area contributed by atoms with Crippen molar-refractivity contribution in [2.75, 3.05) is 7.05 Å². The van der Waals surface area contributed by atoms with E-state index in [2.05, 4.69) is 4.98 Å². The number of halogens is 2. The van der Waals surface area contributed by atoms with E-state index in [0.717, 1.165) is 4.57 Å². The first-order chi connectivity index (χ1) is 7.97. The highest BCUT2D eigenvalue weighted by Crippen LogP contribution is 2.13. The quantitative estimate of drug-likeness (QED) is 0.842. The van der Waals surface area contributed by atoms with E-state index in [4.69, 9.17) is 5.73 Å². The number of nitrogens with two attached hydrogens (primary N) is 1. The Bertz CT molecular complexity index is 380. The van der Waals surface area contributed by atoms with Crippen LogP contribution in [0, 0.1) is 0 Å². The molecule has 96 valence electrons. The summed E-state index contributed by atoms with van der Waals surface area (Å²) in [5.74, 6) is -0.143. The highest BCUT2D eigenvalue weighted by molar-refractivity contribution is 5.81. The minimum Gasteiger partial charge on any atom is -0.337 e. The van der Waals surface area contributed by atoms with E-state index < -0.39 is 12.6 Å². The molecule has 0 spiro atoms. The Balaban J connectivity index is 2.71. The monoisotopic (exact) mass is 246 g/mol. The molecule has 0 aliphatic heterocycles. The topological polar surface area (TPSA) is 64.2 Å². The zero-order valence-corrected chi connectivity index (χ0v) is 9.81. The third-order valence-corrected chi connectivity index (χ3v) is 2.47. The first-order valence-electron chi connectivity index (χ1n) is 5.27. The number of carbonyl (C=O) groups excluding carboxylic acids is 1. The molecule has 0 radical (unpaired) electrons. The average molecular weight is 246 g/mol. The maximum atomic E-state index is 12.5. The summed E-state index contributed by atoms with van der Waals surface area (Å²) in [7, 11) is 1.52. The van der Waals surface area contributed by atoms with Gasteiger partial charge in [-0.1, -0.05) is 6.92 Å². The van der Waals surface area contributed by atoms with Crippen molar-refractivity contribution in [2.24, 2.45) is 5.73 Å². The molecular formula is C10H16F2N4O. The molecule has 1 heterocycles. The van der Waals surface area contributed by atoms with Gasteiger partial charge in [0.15, 0.2) is 0 Å². The lowest BCUT2D eigenvalue weighted by Crippen LogP contribution is -2.41. The van der Waals surface area contributed by atoms with Crippen LogP contribution >= 0.6 is 0 Å². The van der Waals surface area contributed by atoms with E-state index >= 15 is 0 Å². The van der Waals surface area contributed by atoms with E-state index in [1.165, 1.54) is 24.3 Å². The van der Waals surface area contributed by atoms with E-state index in [0.29, 0.717) is 6.42 Å². The van der Waals surface area contributed by atoms with Gasteiger partial charge in [-0.25, -0.2) is 4.98 Å². The zero-order chi connectivity index (χ0) is 13.0. The van der Waals surface area contributed by atoms with E-state index in [-0.39, 0.29) is 18.3 Å². The largest absolute Gasteiger partial charge is 0.337 e. The fraction of sp³-hybridized carbons (Fsp3) is 0.600. The van der Waals surface area contributed by atoms with Crippen LogP contribution in [0.2, 0.25) is 0 Å². The van der Waals surface area contributed by atoms with Crippen LogP contribution in [0.4, 0.5) is 8.78 Å². The number of likely N-dealkylation sites (N-methyl/N-ethyl adjacent to an activating group) is 1. The van der Waals surface area contributed by atoms with Crippen molar-refractivity contribution in [3.63, 3.8) is 0 Å². The summed E-state index contributed by atoms with van der Waals surface area (Å²) >= 11 is 0. The van der Waals surface area contributed by atoms with Crippen LogP contribution in [0.1, 0.15) is 25.7 Å². The molecule has 0 fully saturated rings. The molecule has 0 aliphatic carbocycles. The van der Waals surface area contributed by atoms with Crippen molar-refractivity contribution in [1.82, 2.24) is 14.5 Å². The first kappa shape index (κ1) is 13.6. The smallest absolute Gasteiger partial charge is 0.319 e. The Morgan fingerprint density at radius 2 is 2.29 bits per heavy atom. The molecular weight excluding hydrogens is 230 g/mol. The van der Waals surface area contributed by atoms with Crippen LogP contribution in [0.3, 0.4) is 0 Å². The second-order valence-electron chi connectivity index (χ2n) is 3.74. The van der Waals surface area contributed by atoms with E-state index in [9.17, 15) is 13.6 Å². The summed E-state index contributed by atoms with van der Waals surface area (Å²) in [5, 5.41) is 0. The SMILES string of the molecule is CC[C@H](N)C(=O)N(C)Cc1nccn1C(F)F. The van der Waals surface area contributed by atoms with Gasteiger partial charge in [-0.3, -0.25) is 9.36 Å². The molecule has 2 N–H and O–H groups in total. The summed E-state index contributed by atoms with van der Waals surface area (Å²) < 4.78 is 25.8. The molecule has 0 bridgehead atoms. The number of imidazole rings is 1. The van der Waals surface area contributed by atoms with Crippen LogP contribution in [0.5, 0.6) is 0 Å². The van der Waals surface area contributed by atoms with Crippen LogP contribution in [-0.2, 0) is 11.3 Å². The number of carbonyl (C=O) groups is 1. The highest BCUT2D eigenvalue weighted by atomic mass is 19.3. The Hall–Kier alpha value is -1.50. The maximum absolute atomic E-state index is 12.5. The van der Waals surface area contributed by atoms with Crippen molar-refractivity contribution in [2.45, 2.75) is 32.5 Å². The molecule has 1 atom stereocenters. The molecule has 17 heavy (non-hydrogen) atoms. The standard InChI is InChI=1S/C10H16F2N4O/c1-3-7(13)9(17)15(2)6-8-14-4-5-16(8)10(11)12/h4-5,7,10H,3,6,13H2,1-2H3/t7-/m0/s1. The summed E-state index contributed by atoms with van der Waals surface area (Å²) in [5.41, 5.74) is 5.58. The molecule has 0 saturated heterocycles. The molecule has 0 aromatic carbocycles. The lowest BCUT2D eigenvalue weighted by molar-refractivity contribution is -0.132. The van der Waals surface area contributed by atoms with Crippen LogP contribution in [0.15, 0.2) is 12.4 Å². The fourth-order valence-corrected chi connectivity index (χ4v) is 1.39. The van der Waals surface area contributed by atoms with Crippen molar-refractivity contribution in [3.05, 3.63) is 18.2 Å². The third-order valence-electron chi connectivity index (χ3n) is 2.47. The van der Waals surface area contributed by atoms with Crippen molar-refractivity contribution in [3.8, 4) is 0 Å². The van der Waals surface area contributed by atoms with Gasteiger partial charge in [-0.2, -0.15) is 8.78 Å². The number of amides is 1. The number of hydrogen-bond donors (Lipinski definition) is 1. The maximum Gasteiger partial charge on any atom is 0.319 e. The van der Waals surface area contributed by atoms with Gasteiger partial charge in [0.25, 0.3) is 0 Å². The van der Waals surface area contributed by atoms with Crippen molar-refractivity contribution in [1.29, 1.82) is 0 Å². The summed E-state index contributed by atoms with van der Waals surface area (Å²) in [6.45, 7) is -0.851. The van der Waals surface area contributed by atoms with E-state index in [1.807, 2.05) is 0 Å². The Morgan fingerprint density at radius 1 is 1.65 bits per heavy atom. The summed E-state index contributed by atoms with van der Waals surface area (Å²) in [6.07, 6.45) is 2.96. The first-order valence-corrected chi connectivity index (χ1v) is 5.27. The molecule has 1 amide bonds. The molecule has 1 rings (SSSR count). The number of nitrogens with zero attached hydrogens (tertiary/aromatic N) is 3. The highest BCUT2D eigenvalue weighted by Gasteiger charge is 2.19. The second-order valence-corrected chi connectivity index (χ2v) is 3.74. The minimum atomic E-state index is -2.66. The molecule has 1 aromatic heterocycles. The van der Waals surface area contributed by atoms with Crippen molar-refractivity contribution >= 4 is 5.91 Å². The normalized spacial score (nSPS) is 12.8. The number of rotatable bonds is 5. The lowest BCUT2D eigenvalue weighted by atomic mass is 10.2. The number of hydrogen-bond acceptors (Lipinski definition) is 3. The Labute approximate surface area is 98.2 Å². The minimum absolute atomic E-state index is 0.0177. The molecule has 0 unspecified atom stereocenters. The number of aromatic nitrogens is 2. The van der Waals surface area contributed by atoms with Crippen LogP contribution < -0.4 is 5.73 Å². The Morgan fingerprint density at radius 3 is 2.82 bits per heavy atom. The second kappa shape index (κ2) is 5.72. The molecule has 1 aromatic rings. The fourth-order valence-electron chi connectivity index (χ4n) is 1.39. The van der Waals surface area contributed by atoms with Crippen molar-refractivity contribution < 1.29 is 13.6 Å². The predicted octanol–water partition coefficient (Wildman–Crippen LogP) is 0.974. The zero-order valence-electron chi connectivity index (χ0n) is 9.81. The van der Waals surface area contributed by atoms with Gasteiger partial charge in [0.1, 0.15) is 5.82 Å². The summed E-state index contributed by atoms with van der Waals surface area (Å²) in [4.78, 5) is 16.8. The average Bonchev–Trinajstić information content (AvgIpc) is 2.75. The van der Waals surface area contributed by atoms with Gasteiger partial charge in [0.05, 0.1) is 12.6 Å². The predicted molar refractivity (Wildman–Crippen MR) is 58.2 cm³/mol. The molecule has 0 aliphatic rings. The Kier molecular flexibility index (Phi) is 4.56. The molecule has 7 heteroatoms. The summed E-state index contributed by atoms with van der Waals surface area (Å²) in [6, 6.07) is -0.602. The number of alkyl halides is 2. The lowest BCUT2D eigenvalue weighted by Gasteiger charge is -2.20.